The van der Waals surface area contributed by atoms with Gasteiger partial charge in [0.2, 0.25) is 5.95 Å². The summed E-state index contributed by atoms with van der Waals surface area (Å²) < 4.78 is 0. The number of thiophene rings is 1. The fourth-order valence-electron chi connectivity index (χ4n) is 2.96. The molecule has 0 radical (unpaired) electrons. The number of aliphatic imine (C=N–C) groups is 1. The van der Waals surface area contributed by atoms with Gasteiger partial charge in [-0.2, -0.15) is 0 Å². The monoisotopic (exact) mass is 486 g/mol. The second-order valence-electron chi connectivity index (χ2n) is 6.78. The first-order valence-corrected chi connectivity index (χ1v) is 9.50. The molecule has 1 aliphatic rings. The number of guanidine groups is 1. The van der Waals surface area contributed by atoms with E-state index in [1.54, 1.807) is 12.4 Å². The van der Waals surface area contributed by atoms with Crippen LogP contribution in [0.1, 0.15) is 18.7 Å². The van der Waals surface area contributed by atoms with Crippen molar-refractivity contribution in [2.24, 2.45) is 4.99 Å². The Hall–Kier alpha value is -1.42. The van der Waals surface area contributed by atoms with E-state index in [0.29, 0.717) is 0 Å². The van der Waals surface area contributed by atoms with Crippen LogP contribution in [0.4, 0.5) is 5.95 Å². The van der Waals surface area contributed by atoms with E-state index in [-0.39, 0.29) is 29.4 Å². The molecule has 0 atom stereocenters. The normalized spacial score (nSPS) is 15.6. The number of nitrogens with one attached hydrogen (secondary N) is 1. The fraction of sp³-hybridized carbons (Fsp3) is 0.500. The van der Waals surface area contributed by atoms with Gasteiger partial charge in [-0.1, -0.05) is 19.9 Å². The maximum absolute atomic E-state index is 4.48. The topological polar surface area (TPSA) is 56.7 Å². The van der Waals surface area contributed by atoms with E-state index in [1.165, 1.54) is 4.88 Å². The average molecular weight is 486 g/mol. The van der Waals surface area contributed by atoms with E-state index in [4.69, 9.17) is 0 Å². The highest BCUT2D eigenvalue weighted by molar-refractivity contribution is 14.0. The van der Waals surface area contributed by atoms with Crippen LogP contribution in [0.25, 0.3) is 0 Å². The van der Waals surface area contributed by atoms with Crippen molar-refractivity contribution >= 4 is 47.2 Å². The summed E-state index contributed by atoms with van der Waals surface area (Å²) >= 11 is 1.81. The molecular weight excluding hydrogens is 459 g/mol. The van der Waals surface area contributed by atoms with Gasteiger partial charge in [0.05, 0.1) is 0 Å². The van der Waals surface area contributed by atoms with Crippen LogP contribution >= 0.6 is 35.3 Å². The Kier molecular flexibility index (Phi) is 7.63. The zero-order valence-electron chi connectivity index (χ0n) is 15.6. The van der Waals surface area contributed by atoms with Crippen LogP contribution in [0.2, 0.25) is 0 Å². The van der Waals surface area contributed by atoms with E-state index in [1.807, 2.05) is 24.5 Å². The summed E-state index contributed by atoms with van der Waals surface area (Å²) in [7, 11) is 1.85. The lowest BCUT2D eigenvalue weighted by Crippen LogP contribution is -2.54. The number of nitrogens with zero attached hydrogens (tertiary/aromatic N) is 5. The number of hydrogen-bond donors (Lipinski definition) is 1. The molecule has 1 saturated heterocycles. The van der Waals surface area contributed by atoms with Gasteiger partial charge in [0.25, 0.3) is 0 Å². The minimum absolute atomic E-state index is 0. The standard InChI is InChI=1S/C18H26N6S.HI/c1-18(2,15-6-4-13-25-15)14-22-16(19-3)23-9-11-24(12-10-23)17-20-7-5-8-21-17;/h4-8,13H,9-12,14H2,1-3H3,(H,19,22);1H. The van der Waals surface area contributed by atoms with Crippen molar-refractivity contribution in [2.45, 2.75) is 19.3 Å². The van der Waals surface area contributed by atoms with Crippen LogP contribution in [0.15, 0.2) is 41.0 Å². The summed E-state index contributed by atoms with van der Waals surface area (Å²) in [5.41, 5.74) is 0.0871. The first-order valence-electron chi connectivity index (χ1n) is 8.62. The van der Waals surface area contributed by atoms with Gasteiger partial charge in [-0.15, -0.1) is 35.3 Å². The predicted molar refractivity (Wildman–Crippen MR) is 120 cm³/mol. The number of halogens is 1. The smallest absolute Gasteiger partial charge is 0.225 e. The summed E-state index contributed by atoms with van der Waals surface area (Å²) in [5, 5.41) is 5.69. The maximum Gasteiger partial charge on any atom is 0.225 e. The van der Waals surface area contributed by atoms with E-state index in [9.17, 15) is 0 Å². The van der Waals surface area contributed by atoms with Crippen molar-refractivity contribution < 1.29 is 0 Å². The molecule has 1 fully saturated rings. The number of aromatic nitrogens is 2. The highest BCUT2D eigenvalue weighted by Gasteiger charge is 2.25. The van der Waals surface area contributed by atoms with Gasteiger partial charge in [-0.3, -0.25) is 4.99 Å². The van der Waals surface area contributed by atoms with Crippen LogP contribution in [-0.4, -0.2) is 60.6 Å². The van der Waals surface area contributed by atoms with Crippen molar-refractivity contribution in [3.8, 4) is 0 Å². The Labute approximate surface area is 176 Å². The molecule has 2 aromatic heterocycles. The van der Waals surface area contributed by atoms with E-state index < -0.39 is 0 Å². The molecule has 2 aromatic rings. The van der Waals surface area contributed by atoms with E-state index >= 15 is 0 Å². The van der Waals surface area contributed by atoms with Gasteiger partial charge in [-0.05, 0) is 17.5 Å². The highest BCUT2D eigenvalue weighted by Crippen LogP contribution is 2.26. The van der Waals surface area contributed by atoms with Gasteiger partial charge < -0.3 is 15.1 Å². The van der Waals surface area contributed by atoms with Crippen molar-refractivity contribution in [3.05, 3.63) is 40.8 Å². The van der Waals surface area contributed by atoms with E-state index in [0.717, 1.165) is 44.6 Å². The molecule has 6 nitrogen and oxygen atoms in total. The lowest BCUT2D eigenvalue weighted by atomic mass is 9.91. The molecule has 0 aromatic carbocycles. The van der Waals surface area contributed by atoms with Crippen molar-refractivity contribution in [1.82, 2.24) is 20.2 Å². The Morgan fingerprint density at radius 3 is 2.46 bits per heavy atom. The molecule has 0 aliphatic carbocycles. The molecule has 3 heterocycles. The largest absolute Gasteiger partial charge is 0.355 e. The third-order valence-corrected chi connectivity index (χ3v) is 5.74. The molecule has 0 amide bonds. The summed E-state index contributed by atoms with van der Waals surface area (Å²) in [6, 6.07) is 6.16. The lowest BCUT2D eigenvalue weighted by molar-refractivity contribution is 0.364. The molecule has 26 heavy (non-hydrogen) atoms. The minimum Gasteiger partial charge on any atom is -0.355 e. The second kappa shape index (κ2) is 9.50. The predicted octanol–water partition coefficient (Wildman–Crippen LogP) is 2.83. The Bertz CT molecular complexity index is 681. The van der Waals surface area contributed by atoms with Gasteiger partial charge in [0, 0.05) is 62.5 Å². The summed E-state index contributed by atoms with van der Waals surface area (Å²) in [6.45, 7) is 9.03. The molecule has 1 aliphatic heterocycles. The molecule has 0 unspecified atom stereocenters. The van der Waals surface area contributed by atoms with Gasteiger partial charge in [0.15, 0.2) is 5.96 Å². The van der Waals surface area contributed by atoms with Crippen LogP contribution in [0, 0.1) is 0 Å². The average Bonchev–Trinajstić information content (AvgIpc) is 3.19. The number of anilines is 1. The lowest BCUT2D eigenvalue weighted by Gasteiger charge is -2.37. The molecule has 3 rings (SSSR count). The molecular formula is C18H27IN6S. The van der Waals surface area contributed by atoms with Gasteiger partial charge >= 0.3 is 0 Å². The van der Waals surface area contributed by atoms with Gasteiger partial charge in [-0.25, -0.2) is 9.97 Å². The van der Waals surface area contributed by atoms with E-state index in [2.05, 4.69) is 61.4 Å². The highest BCUT2D eigenvalue weighted by atomic mass is 127. The van der Waals surface area contributed by atoms with Crippen LogP contribution < -0.4 is 10.2 Å². The number of hydrogen-bond acceptors (Lipinski definition) is 5. The maximum atomic E-state index is 4.48. The fourth-order valence-corrected chi connectivity index (χ4v) is 3.81. The summed E-state index contributed by atoms with van der Waals surface area (Å²) in [5.74, 6) is 1.78. The Morgan fingerprint density at radius 2 is 1.88 bits per heavy atom. The quantitative estimate of drug-likeness (QED) is 0.409. The zero-order valence-corrected chi connectivity index (χ0v) is 18.7. The van der Waals surface area contributed by atoms with Crippen molar-refractivity contribution in [3.63, 3.8) is 0 Å². The Balaban J connectivity index is 0.00000243. The van der Waals surface area contributed by atoms with Crippen molar-refractivity contribution in [1.29, 1.82) is 0 Å². The van der Waals surface area contributed by atoms with Crippen molar-refractivity contribution in [2.75, 3.05) is 44.7 Å². The molecule has 1 N–H and O–H groups in total. The van der Waals surface area contributed by atoms with Crippen LogP contribution in [0.5, 0.6) is 0 Å². The second-order valence-corrected chi connectivity index (χ2v) is 7.73. The molecule has 0 spiro atoms. The minimum atomic E-state index is 0. The SMILES string of the molecule is CN=C(NCC(C)(C)c1cccs1)N1CCN(c2ncccn2)CC1.I. The molecule has 0 saturated carbocycles. The first kappa shape index (κ1) is 20.9. The molecule has 142 valence electrons. The third kappa shape index (κ3) is 5.06. The van der Waals surface area contributed by atoms with Gasteiger partial charge in [0.1, 0.15) is 0 Å². The van der Waals surface area contributed by atoms with Crippen LogP contribution in [-0.2, 0) is 5.41 Å². The number of piperazine rings is 1. The Morgan fingerprint density at radius 1 is 1.19 bits per heavy atom. The third-order valence-electron chi connectivity index (χ3n) is 4.50. The van der Waals surface area contributed by atoms with Crippen LogP contribution in [0.3, 0.4) is 0 Å². The molecule has 8 heteroatoms. The summed E-state index contributed by atoms with van der Waals surface area (Å²) in [6.07, 6.45) is 3.59. The first-order chi connectivity index (χ1) is 12.1. The summed E-state index contributed by atoms with van der Waals surface area (Å²) in [4.78, 5) is 19.1. The molecule has 0 bridgehead atoms. The number of rotatable bonds is 4. The zero-order chi connectivity index (χ0) is 17.7.